The zero-order valence-electron chi connectivity index (χ0n) is 17.3. The lowest BCUT2D eigenvalue weighted by molar-refractivity contribution is -0.129. The van der Waals surface area contributed by atoms with Crippen LogP contribution < -0.4 is 5.32 Å². The fourth-order valence-electron chi connectivity index (χ4n) is 4.85. The molecule has 0 aromatic carbocycles. The molecule has 0 radical (unpaired) electrons. The van der Waals surface area contributed by atoms with E-state index in [1.165, 1.54) is 25.8 Å². The summed E-state index contributed by atoms with van der Waals surface area (Å²) in [5, 5.41) is 3.25. The van der Waals surface area contributed by atoms with Gasteiger partial charge >= 0.3 is 0 Å². The van der Waals surface area contributed by atoms with Crippen LogP contribution in [-0.4, -0.2) is 58.9 Å². The summed E-state index contributed by atoms with van der Waals surface area (Å²) in [4.78, 5) is 26.1. The van der Waals surface area contributed by atoms with Crippen LogP contribution in [0.2, 0.25) is 0 Å². The van der Waals surface area contributed by atoms with Gasteiger partial charge in [0.2, 0.25) is 5.91 Å². The van der Waals surface area contributed by atoms with Gasteiger partial charge in [0.05, 0.1) is 12.2 Å². The molecule has 1 aromatic rings. The number of hydrogen-bond acceptors (Lipinski definition) is 5. The van der Waals surface area contributed by atoms with E-state index >= 15 is 0 Å². The number of carbonyl (C=O) groups excluding carboxylic acids is 1. The minimum absolute atomic E-state index is 0.123. The molecule has 28 heavy (non-hydrogen) atoms. The molecule has 1 N–H and O–H groups in total. The molecule has 1 aromatic heterocycles. The van der Waals surface area contributed by atoms with Crippen molar-refractivity contribution in [2.75, 3.05) is 38.5 Å². The molecule has 4 rings (SSSR count). The molecular weight excluding hydrogens is 350 g/mol. The molecule has 0 saturated carbocycles. The van der Waals surface area contributed by atoms with Gasteiger partial charge in [0, 0.05) is 45.0 Å². The molecule has 2 aliphatic heterocycles. The molecule has 1 aliphatic carbocycles. The highest BCUT2D eigenvalue weighted by Crippen LogP contribution is 2.31. The molecule has 3 aliphatic rings. The third-order valence-corrected chi connectivity index (χ3v) is 6.61. The molecule has 1 amide bonds. The van der Waals surface area contributed by atoms with Crippen LogP contribution in [-0.2, 0) is 17.8 Å². The van der Waals surface area contributed by atoms with Crippen molar-refractivity contribution >= 4 is 11.7 Å². The normalized spacial score (nSPS) is 23.5. The van der Waals surface area contributed by atoms with Gasteiger partial charge in [-0.25, -0.2) is 9.97 Å². The van der Waals surface area contributed by atoms with E-state index in [9.17, 15) is 4.79 Å². The fourth-order valence-corrected chi connectivity index (χ4v) is 4.85. The van der Waals surface area contributed by atoms with Crippen LogP contribution in [0.4, 0.5) is 5.82 Å². The first-order chi connectivity index (χ1) is 13.6. The zero-order chi connectivity index (χ0) is 19.5. The Bertz CT molecular complexity index is 721. The first kappa shape index (κ1) is 19.4. The van der Waals surface area contributed by atoms with Crippen LogP contribution in [0.15, 0.2) is 12.2 Å². The van der Waals surface area contributed by atoms with Crippen LogP contribution in [0.3, 0.4) is 0 Å². The van der Waals surface area contributed by atoms with E-state index in [0.29, 0.717) is 12.5 Å². The van der Waals surface area contributed by atoms with Crippen LogP contribution in [0.25, 0.3) is 0 Å². The first-order valence-corrected chi connectivity index (χ1v) is 10.8. The number of likely N-dealkylation sites (tertiary alicyclic amines) is 1. The lowest BCUT2D eigenvalue weighted by atomic mass is 9.91. The van der Waals surface area contributed by atoms with Crippen LogP contribution in [0.1, 0.15) is 62.0 Å². The Labute approximate surface area is 168 Å². The SMILES string of the molecule is CNc1nc(C2CCN(C[C@H]3CC=CCC3)CC2)nc2c1CN(C(C)=O)CC2. The Morgan fingerprint density at radius 2 is 2.00 bits per heavy atom. The molecule has 0 spiro atoms. The second-order valence-electron chi connectivity index (χ2n) is 8.52. The molecule has 1 saturated heterocycles. The second-order valence-corrected chi connectivity index (χ2v) is 8.52. The van der Waals surface area contributed by atoms with Crippen molar-refractivity contribution < 1.29 is 4.79 Å². The van der Waals surface area contributed by atoms with Gasteiger partial charge in [-0.2, -0.15) is 0 Å². The largest absolute Gasteiger partial charge is 0.373 e. The lowest BCUT2D eigenvalue weighted by Crippen LogP contribution is -2.38. The summed E-state index contributed by atoms with van der Waals surface area (Å²) in [5.74, 6) is 3.31. The third kappa shape index (κ3) is 4.22. The van der Waals surface area contributed by atoms with Gasteiger partial charge in [-0.15, -0.1) is 0 Å². The number of nitrogens with zero attached hydrogens (tertiary/aromatic N) is 4. The average molecular weight is 384 g/mol. The van der Waals surface area contributed by atoms with Crippen molar-refractivity contribution in [2.45, 2.75) is 57.9 Å². The minimum Gasteiger partial charge on any atom is -0.373 e. The van der Waals surface area contributed by atoms with E-state index in [1.54, 1.807) is 6.92 Å². The van der Waals surface area contributed by atoms with Crippen molar-refractivity contribution in [2.24, 2.45) is 5.92 Å². The van der Waals surface area contributed by atoms with Crippen molar-refractivity contribution in [3.8, 4) is 0 Å². The zero-order valence-corrected chi connectivity index (χ0v) is 17.3. The smallest absolute Gasteiger partial charge is 0.219 e. The Balaban J connectivity index is 1.41. The quantitative estimate of drug-likeness (QED) is 0.810. The number of nitrogens with one attached hydrogen (secondary N) is 1. The van der Waals surface area contributed by atoms with E-state index in [4.69, 9.17) is 9.97 Å². The molecule has 3 heterocycles. The molecule has 6 nitrogen and oxygen atoms in total. The first-order valence-electron chi connectivity index (χ1n) is 10.8. The van der Waals surface area contributed by atoms with Gasteiger partial charge in [-0.3, -0.25) is 4.79 Å². The van der Waals surface area contributed by atoms with Gasteiger partial charge in [-0.05, 0) is 51.1 Å². The molecule has 1 fully saturated rings. The standard InChI is InChI=1S/C22H33N5O/c1-16(28)27-13-10-20-19(15-27)22(23-2)25-21(24-20)18-8-11-26(12-9-18)14-17-6-4-3-5-7-17/h3-4,17-18H,5-15H2,1-2H3,(H,23,24,25)/t17-/m0/s1. The number of allylic oxidation sites excluding steroid dienone is 2. The number of amides is 1. The predicted octanol–water partition coefficient (Wildman–Crippen LogP) is 2.96. The summed E-state index contributed by atoms with van der Waals surface area (Å²) >= 11 is 0. The molecule has 0 unspecified atom stereocenters. The summed E-state index contributed by atoms with van der Waals surface area (Å²) in [6, 6.07) is 0. The number of hydrogen-bond donors (Lipinski definition) is 1. The maximum absolute atomic E-state index is 11.8. The van der Waals surface area contributed by atoms with Crippen molar-refractivity contribution in [1.82, 2.24) is 19.8 Å². The predicted molar refractivity (Wildman–Crippen MR) is 111 cm³/mol. The number of aromatic nitrogens is 2. The van der Waals surface area contributed by atoms with Crippen LogP contribution >= 0.6 is 0 Å². The Kier molecular flexibility index (Phi) is 5.95. The highest BCUT2D eigenvalue weighted by molar-refractivity contribution is 5.74. The Morgan fingerprint density at radius 1 is 1.18 bits per heavy atom. The second kappa shape index (κ2) is 8.60. The van der Waals surface area contributed by atoms with Crippen molar-refractivity contribution in [3.63, 3.8) is 0 Å². The molecule has 152 valence electrons. The fraction of sp³-hybridized carbons (Fsp3) is 0.682. The van der Waals surface area contributed by atoms with Crippen LogP contribution in [0.5, 0.6) is 0 Å². The maximum Gasteiger partial charge on any atom is 0.219 e. The van der Waals surface area contributed by atoms with Gasteiger partial charge in [0.15, 0.2) is 0 Å². The average Bonchev–Trinajstić information content (AvgIpc) is 2.73. The number of piperidine rings is 1. The van der Waals surface area contributed by atoms with E-state index in [1.807, 2.05) is 11.9 Å². The Morgan fingerprint density at radius 3 is 2.68 bits per heavy atom. The summed E-state index contributed by atoms with van der Waals surface area (Å²) in [5.41, 5.74) is 2.22. The number of anilines is 1. The highest BCUT2D eigenvalue weighted by atomic mass is 16.2. The van der Waals surface area contributed by atoms with E-state index in [0.717, 1.165) is 67.7 Å². The summed E-state index contributed by atoms with van der Waals surface area (Å²) < 4.78 is 0. The minimum atomic E-state index is 0.123. The molecular formula is C22H33N5O. The molecule has 1 atom stereocenters. The summed E-state index contributed by atoms with van der Waals surface area (Å²) in [6.07, 6.45) is 11.6. The van der Waals surface area contributed by atoms with Crippen molar-refractivity contribution in [3.05, 3.63) is 29.2 Å². The number of carbonyl (C=O) groups is 1. The lowest BCUT2D eigenvalue weighted by Gasteiger charge is -2.35. The number of rotatable bonds is 4. The monoisotopic (exact) mass is 383 g/mol. The van der Waals surface area contributed by atoms with Gasteiger partial charge in [0.1, 0.15) is 11.6 Å². The highest BCUT2D eigenvalue weighted by Gasteiger charge is 2.28. The third-order valence-electron chi connectivity index (χ3n) is 6.61. The van der Waals surface area contributed by atoms with E-state index in [2.05, 4.69) is 22.4 Å². The maximum atomic E-state index is 11.8. The van der Waals surface area contributed by atoms with Gasteiger partial charge < -0.3 is 15.1 Å². The van der Waals surface area contributed by atoms with Gasteiger partial charge in [-0.1, -0.05) is 12.2 Å². The Hall–Kier alpha value is -1.95. The van der Waals surface area contributed by atoms with Gasteiger partial charge in [0.25, 0.3) is 0 Å². The summed E-state index contributed by atoms with van der Waals surface area (Å²) in [6.45, 7) is 6.56. The van der Waals surface area contributed by atoms with E-state index < -0.39 is 0 Å². The van der Waals surface area contributed by atoms with E-state index in [-0.39, 0.29) is 5.91 Å². The number of fused-ring (bicyclic) bond motifs is 1. The topological polar surface area (TPSA) is 61.4 Å². The molecule has 6 heteroatoms. The molecule has 0 bridgehead atoms. The summed E-state index contributed by atoms with van der Waals surface area (Å²) in [7, 11) is 1.92. The van der Waals surface area contributed by atoms with Crippen LogP contribution in [0, 0.1) is 5.92 Å². The van der Waals surface area contributed by atoms with Crippen molar-refractivity contribution in [1.29, 1.82) is 0 Å².